The maximum Gasteiger partial charge on any atom is 0.494 e. The third-order valence-electron chi connectivity index (χ3n) is 5.61. The predicted molar refractivity (Wildman–Crippen MR) is 103 cm³/mol. The quantitative estimate of drug-likeness (QED) is 0.683. The Balaban J connectivity index is 1.67. The van der Waals surface area contributed by atoms with Crippen LogP contribution in [0.5, 0.6) is 0 Å². The highest BCUT2D eigenvalue weighted by Crippen LogP contribution is 2.36. The third kappa shape index (κ3) is 2.83. The second-order valence-corrected chi connectivity index (χ2v) is 7.96. The van der Waals surface area contributed by atoms with E-state index in [1.165, 1.54) is 0 Å². The number of benzene rings is 1. The Labute approximate surface area is 154 Å². The second-order valence-electron chi connectivity index (χ2n) is 7.96. The maximum atomic E-state index is 6.18. The molecule has 0 amide bonds. The number of nitrogens with zero attached hydrogens (tertiary/aromatic N) is 3. The minimum Gasteiger partial charge on any atom is -0.399 e. The molecule has 0 radical (unpaired) electrons. The molecule has 0 unspecified atom stereocenters. The first-order valence-electron chi connectivity index (χ1n) is 8.97. The van der Waals surface area contributed by atoms with Crippen LogP contribution in [0, 0.1) is 0 Å². The van der Waals surface area contributed by atoms with E-state index in [0.29, 0.717) is 0 Å². The highest BCUT2D eigenvalue weighted by atomic mass is 16.7. The molecule has 0 N–H and O–H groups in total. The van der Waals surface area contributed by atoms with Crippen LogP contribution in [0.2, 0.25) is 0 Å². The van der Waals surface area contributed by atoms with Crippen molar-refractivity contribution in [1.29, 1.82) is 0 Å². The molecule has 1 aliphatic rings. The number of hydrogen-bond acceptors (Lipinski definition) is 4. The van der Waals surface area contributed by atoms with Crippen molar-refractivity contribution >= 4 is 23.6 Å². The van der Waals surface area contributed by atoms with Gasteiger partial charge in [-0.05, 0) is 56.9 Å². The molecule has 3 heterocycles. The Morgan fingerprint density at radius 3 is 2.46 bits per heavy atom. The molecule has 4 rings (SSSR count). The fourth-order valence-corrected chi connectivity index (χ4v) is 3.23. The molecule has 26 heavy (non-hydrogen) atoms. The first-order valence-corrected chi connectivity index (χ1v) is 8.97. The number of imidazole rings is 1. The van der Waals surface area contributed by atoms with E-state index in [4.69, 9.17) is 14.3 Å². The van der Waals surface area contributed by atoms with Gasteiger partial charge in [0.05, 0.1) is 22.2 Å². The summed E-state index contributed by atoms with van der Waals surface area (Å²) in [6, 6.07) is 10.2. The molecule has 1 fully saturated rings. The average Bonchev–Trinajstić information content (AvgIpc) is 3.01. The summed E-state index contributed by atoms with van der Waals surface area (Å²) in [5.41, 5.74) is 3.54. The molecule has 3 aromatic rings. The van der Waals surface area contributed by atoms with Crippen LogP contribution in [0.15, 0.2) is 42.7 Å². The lowest BCUT2D eigenvalue weighted by atomic mass is 9.79. The topological polar surface area (TPSA) is 49.2 Å². The van der Waals surface area contributed by atoms with Crippen LogP contribution in [0.25, 0.3) is 11.0 Å². The summed E-state index contributed by atoms with van der Waals surface area (Å²) >= 11 is 0. The van der Waals surface area contributed by atoms with E-state index in [1.54, 1.807) is 6.20 Å². The second kappa shape index (κ2) is 5.93. The van der Waals surface area contributed by atoms with Crippen LogP contribution in [-0.4, -0.2) is 32.9 Å². The number of pyridine rings is 1. The van der Waals surface area contributed by atoms with Crippen LogP contribution in [0.3, 0.4) is 0 Å². The van der Waals surface area contributed by atoms with Crippen molar-refractivity contribution in [1.82, 2.24) is 14.5 Å². The molecule has 1 saturated heterocycles. The van der Waals surface area contributed by atoms with Crippen molar-refractivity contribution < 1.29 is 9.31 Å². The van der Waals surface area contributed by atoms with Gasteiger partial charge in [-0.15, -0.1) is 0 Å². The lowest BCUT2D eigenvalue weighted by Gasteiger charge is -2.32. The van der Waals surface area contributed by atoms with Gasteiger partial charge in [0.2, 0.25) is 0 Å². The Bertz CT molecular complexity index is 934. The highest BCUT2D eigenvalue weighted by molar-refractivity contribution is 6.62. The van der Waals surface area contributed by atoms with Gasteiger partial charge in [-0.25, -0.2) is 4.98 Å². The summed E-state index contributed by atoms with van der Waals surface area (Å²) < 4.78 is 14.5. The summed E-state index contributed by atoms with van der Waals surface area (Å²) in [5.74, 6) is 1.01. The van der Waals surface area contributed by atoms with Gasteiger partial charge in [-0.3, -0.25) is 4.98 Å². The van der Waals surface area contributed by atoms with Crippen LogP contribution in [-0.2, 0) is 22.8 Å². The van der Waals surface area contributed by atoms with Crippen molar-refractivity contribution in [2.45, 2.75) is 45.3 Å². The smallest absolute Gasteiger partial charge is 0.399 e. The summed E-state index contributed by atoms with van der Waals surface area (Å²) in [5, 5.41) is 0. The number of hydrogen-bond donors (Lipinski definition) is 0. The zero-order chi connectivity index (χ0) is 18.5. The molecule has 0 aliphatic carbocycles. The zero-order valence-corrected chi connectivity index (χ0v) is 16.0. The molecule has 1 aromatic carbocycles. The van der Waals surface area contributed by atoms with Gasteiger partial charge < -0.3 is 13.9 Å². The van der Waals surface area contributed by atoms with Gasteiger partial charge in [0.1, 0.15) is 5.82 Å². The fraction of sp³-hybridized carbons (Fsp3) is 0.400. The summed E-state index contributed by atoms with van der Waals surface area (Å²) in [4.78, 5) is 8.97. The van der Waals surface area contributed by atoms with Gasteiger partial charge in [0.15, 0.2) is 0 Å². The molecule has 0 atom stereocenters. The minimum atomic E-state index is -0.360. The number of aryl methyl sites for hydroxylation is 1. The van der Waals surface area contributed by atoms with E-state index in [0.717, 1.165) is 34.3 Å². The largest absolute Gasteiger partial charge is 0.494 e. The Kier molecular flexibility index (Phi) is 3.93. The van der Waals surface area contributed by atoms with Gasteiger partial charge in [0, 0.05) is 25.9 Å². The SMILES string of the molecule is Cn1c(Cc2cccnc2)nc2ccc(B3OC(C)(C)C(C)(C)O3)cc21. The van der Waals surface area contributed by atoms with Gasteiger partial charge in [-0.1, -0.05) is 12.1 Å². The monoisotopic (exact) mass is 349 g/mol. The molecule has 1 aliphatic heterocycles. The Morgan fingerprint density at radius 1 is 1.08 bits per heavy atom. The molecule has 6 heteroatoms. The van der Waals surface area contributed by atoms with Gasteiger partial charge in [-0.2, -0.15) is 0 Å². The molecule has 0 spiro atoms. The van der Waals surface area contributed by atoms with Crippen LogP contribution < -0.4 is 5.46 Å². The first-order chi connectivity index (χ1) is 12.3. The normalized spacial score (nSPS) is 18.6. The van der Waals surface area contributed by atoms with E-state index in [-0.39, 0.29) is 18.3 Å². The molecule has 5 nitrogen and oxygen atoms in total. The van der Waals surface area contributed by atoms with E-state index in [9.17, 15) is 0 Å². The van der Waals surface area contributed by atoms with Crippen molar-refractivity contribution in [3.05, 3.63) is 54.1 Å². The lowest BCUT2D eigenvalue weighted by molar-refractivity contribution is 0.00578. The summed E-state index contributed by atoms with van der Waals surface area (Å²) in [6.07, 6.45) is 4.43. The number of rotatable bonds is 3. The van der Waals surface area contributed by atoms with Gasteiger partial charge >= 0.3 is 7.12 Å². The first kappa shape index (κ1) is 17.2. The summed E-state index contributed by atoms with van der Waals surface area (Å²) in [7, 11) is 1.69. The van der Waals surface area contributed by atoms with E-state index < -0.39 is 0 Å². The summed E-state index contributed by atoms with van der Waals surface area (Å²) in [6.45, 7) is 8.28. The molecule has 0 bridgehead atoms. The van der Waals surface area contributed by atoms with Crippen molar-refractivity contribution in [2.24, 2.45) is 7.05 Å². The van der Waals surface area contributed by atoms with Crippen LogP contribution in [0.4, 0.5) is 0 Å². The number of fused-ring (bicyclic) bond motifs is 1. The molecular formula is C20H24BN3O2. The molecular weight excluding hydrogens is 325 g/mol. The lowest BCUT2D eigenvalue weighted by Crippen LogP contribution is -2.41. The van der Waals surface area contributed by atoms with Gasteiger partial charge in [0.25, 0.3) is 0 Å². The van der Waals surface area contributed by atoms with Crippen molar-refractivity contribution in [2.75, 3.05) is 0 Å². The Hall–Kier alpha value is -2.18. The fourth-order valence-electron chi connectivity index (χ4n) is 3.23. The highest BCUT2D eigenvalue weighted by Gasteiger charge is 2.51. The van der Waals surface area contributed by atoms with Crippen molar-refractivity contribution in [3.8, 4) is 0 Å². The number of aromatic nitrogens is 3. The minimum absolute atomic E-state index is 0.343. The third-order valence-corrected chi connectivity index (χ3v) is 5.61. The van der Waals surface area contributed by atoms with E-state index >= 15 is 0 Å². The van der Waals surface area contributed by atoms with E-state index in [2.05, 4.69) is 56.4 Å². The zero-order valence-electron chi connectivity index (χ0n) is 16.0. The average molecular weight is 349 g/mol. The maximum absolute atomic E-state index is 6.18. The van der Waals surface area contributed by atoms with Crippen LogP contribution >= 0.6 is 0 Å². The standard InChI is InChI=1S/C20H24BN3O2/c1-19(2)20(3,4)26-21(25-19)15-8-9-16-17(12-15)24(5)18(23-16)11-14-7-6-10-22-13-14/h6-10,12-13H,11H2,1-5H3. The molecule has 2 aromatic heterocycles. The van der Waals surface area contributed by atoms with Crippen molar-refractivity contribution in [3.63, 3.8) is 0 Å². The molecule has 0 saturated carbocycles. The van der Waals surface area contributed by atoms with E-state index in [1.807, 2.05) is 24.4 Å². The molecule has 134 valence electrons. The predicted octanol–water partition coefficient (Wildman–Crippen LogP) is 2.86. The Morgan fingerprint density at radius 2 is 1.81 bits per heavy atom. The van der Waals surface area contributed by atoms with Crippen LogP contribution in [0.1, 0.15) is 39.1 Å².